The lowest BCUT2D eigenvalue weighted by Crippen LogP contribution is -2.01. The number of carbonyl (C=O) groups is 1. The summed E-state index contributed by atoms with van der Waals surface area (Å²) in [6.45, 7) is 5.82. The second-order valence-electron chi connectivity index (χ2n) is 4.22. The quantitative estimate of drug-likeness (QED) is 0.524. The predicted molar refractivity (Wildman–Crippen MR) is 68.7 cm³/mol. The van der Waals surface area contributed by atoms with Crippen molar-refractivity contribution in [2.45, 2.75) is 52.9 Å². The van der Waals surface area contributed by atoms with Gasteiger partial charge in [-0.15, -0.1) is 0 Å². The van der Waals surface area contributed by atoms with Crippen LogP contribution in [0.4, 0.5) is 0 Å². The Morgan fingerprint density at radius 2 is 1.78 bits per heavy atom. The Bertz CT molecular complexity index is 297. The highest BCUT2D eigenvalue weighted by molar-refractivity contribution is 7.80. The average molecular weight is 284 g/mol. The molecule has 7 heteroatoms. The van der Waals surface area contributed by atoms with Crippen LogP contribution in [0, 0.1) is 5.92 Å². The lowest BCUT2D eigenvalue weighted by Gasteiger charge is -2.02. The van der Waals surface area contributed by atoms with Crippen molar-refractivity contribution in [2.75, 3.05) is 6.61 Å². The molecule has 0 amide bonds. The second kappa shape index (κ2) is 11.4. The molecule has 0 atom stereocenters. The third-order valence-electron chi connectivity index (χ3n) is 1.94. The highest BCUT2D eigenvalue weighted by Crippen LogP contribution is 2.08. The maximum Gasteiger partial charge on any atom is 0.397 e. The lowest BCUT2D eigenvalue weighted by molar-refractivity contribution is -0.137. The van der Waals surface area contributed by atoms with Crippen molar-refractivity contribution in [3.05, 3.63) is 0 Å². The van der Waals surface area contributed by atoms with Crippen molar-refractivity contribution in [3.8, 4) is 0 Å². The molecule has 0 aliphatic carbocycles. The molecule has 6 nitrogen and oxygen atoms in total. The van der Waals surface area contributed by atoms with Crippen LogP contribution in [0.1, 0.15) is 52.9 Å². The summed E-state index contributed by atoms with van der Waals surface area (Å²) in [5, 5.41) is 8.32. The van der Waals surface area contributed by atoms with Gasteiger partial charge in [0.25, 0.3) is 0 Å². The van der Waals surface area contributed by atoms with Gasteiger partial charge in [0.05, 0.1) is 6.61 Å². The fourth-order valence-electron chi connectivity index (χ4n) is 1.15. The standard InChI is InChI=1S/C9H18O2.C2H6O4S/c1-8(2)6-4-3-5-7-9(10)11;1-2-6-7(3,4)5/h8H,3-7H2,1-2H3,(H,10,11);2H2,1H3,(H,3,4,5). The maximum absolute atomic E-state index is 10.1. The van der Waals surface area contributed by atoms with Gasteiger partial charge in [-0.25, -0.2) is 4.18 Å². The van der Waals surface area contributed by atoms with Crippen LogP contribution in [0.15, 0.2) is 0 Å². The zero-order valence-corrected chi connectivity index (χ0v) is 12.1. The van der Waals surface area contributed by atoms with E-state index in [-0.39, 0.29) is 6.61 Å². The van der Waals surface area contributed by atoms with Gasteiger partial charge in [-0.1, -0.05) is 33.1 Å². The van der Waals surface area contributed by atoms with Gasteiger partial charge in [0.2, 0.25) is 0 Å². The van der Waals surface area contributed by atoms with Crippen LogP contribution in [0.3, 0.4) is 0 Å². The average Bonchev–Trinajstić information content (AvgIpc) is 2.15. The molecule has 0 unspecified atom stereocenters. The molecule has 0 heterocycles. The van der Waals surface area contributed by atoms with Gasteiger partial charge in [0.15, 0.2) is 0 Å². The van der Waals surface area contributed by atoms with Gasteiger partial charge in [-0.3, -0.25) is 9.35 Å². The first-order chi connectivity index (χ1) is 8.19. The molecule has 0 saturated heterocycles. The van der Waals surface area contributed by atoms with Gasteiger partial charge < -0.3 is 5.11 Å². The predicted octanol–water partition coefficient (Wildman–Crippen LogP) is 2.50. The van der Waals surface area contributed by atoms with Crippen LogP contribution in [0.2, 0.25) is 0 Å². The molecule has 0 saturated carbocycles. The molecule has 2 N–H and O–H groups in total. The fraction of sp³-hybridized carbons (Fsp3) is 0.909. The number of carboxylic acids is 1. The van der Waals surface area contributed by atoms with Crippen LogP contribution in [-0.4, -0.2) is 30.7 Å². The number of unbranched alkanes of at least 4 members (excludes halogenated alkanes) is 2. The molecule has 0 aliphatic rings. The van der Waals surface area contributed by atoms with Crippen molar-refractivity contribution >= 4 is 16.4 Å². The Hall–Kier alpha value is -0.660. The molecule has 18 heavy (non-hydrogen) atoms. The third-order valence-corrected chi connectivity index (χ3v) is 2.47. The van der Waals surface area contributed by atoms with Gasteiger partial charge in [0.1, 0.15) is 0 Å². The van der Waals surface area contributed by atoms with Crippen molar-refractivity contribution in [2.24, 2.45) is 5.92 Å². The molecule has 0 aromatic heterocycles. The van der Waals surface area contributed by atoms with Crippen LogP contribution < -0.4 is 0 Å². The minimum absolute atomic E-state index is 0.0289. The number of rotatable bonds is 8. The highest BCUT2D eigenvalue weighted by atomic mass is 32.3. The Morgan fingerprint density at radius 1 is 1.22 bits per heavy atom. The Kier molecular flexibility index (Phi) is 12.5. The maximum atomic E-state index is 10.1. The van der Waals surface area contributed by atoms with Crippen molar-refractivity contribution < 1.29 is 27.1 Å². The summed E-state index contributed by atoms with van der Waals surface area (Å²) >= 11 is 0. The van der Waals surface area contributed by atoms with E-state index in [0.717, 1.165) is 18.8 Å². The van der Waals surface area contributed by atoms with E-state index in [9.17, 15) is 13.2 Å². The van der Waals surface area contributed by atoms with E-state index >= 15 is 0 Å². The first kappa shape index (κ1) is 19.7. The topological polar surface area (TPSA) is 101 Å². The fourth-order valence-corrected chi connectivity index (χ4v) is 1.45. The zero-order valence-electron chi connectivity index (χ0n) is 11.3. The minimum Gasteiger partial charge on any atom is -0.481 e. The molecule has 0 rings (SSSR count). The molecule has 0 aromatic carbocycles. The van der Waals surface area contributed by atoms with E-state index in [1.807, 2.05) is 0 Å². The Balaban J connectivity index is 0. The van der Waals surface area contributed by atoms with Crippen molar-refractivity contribution in [1.29, 1.82) is 0 Å². The van der Waals surface area contributed by atoms with E-state index in [2.05, 4.69) is 18.0 Å². The number of hydrogen-bond acceptors (Lipinski definition) is 4. The molecular formula is C11H24O6S. The van der Waals surface area contributed by atoms with E-state index in [0.29, 0.717) is 6.42 Å². The highest BCUT2D eigenvalue weighted by Gasteiger charge is 1.98. The molecule has 0 spiro atoms. The summed E-state index contributed by atoms with van der Waals surface area (Å²) in [5.74, 6) is 0.0781. The SMILES string of the molecule is CC(C)CCCCCC(=O)O.CCOS(=O)(=O)O. The number of hydrogen-bond donors (Lipinski definition) is 2. The Morgan fingerprint density at radius 3 is 2.06 bits per heavy atom. The Labute approximate surface area is 109 Å². The summed E-state index contributed by atoms with van der Waals surface area (Å²) in [7, 11) is -4.17. The third kappa shape index (κ3) is 24.5. The van der Waals surface area contributed by atoms with Gasteiger partial charge >= 0.3 is 16.4 Å². The van der Waals surface area contributed by atoms with Gasteiger partial charge in [-0.2, -0.15) is 8.42 Å². The number of carboxylic acid groups (broad SMARTS) is 1. The first-order valence-electron chi connectivity index (χ1n) is 6.02. The zero-order chi connectivity index (χ0) is 14.6. The number of aliphatic carboxylic acids is 1. The largest absolute Gasteiger partial charge is 0.481 e. The van der Waals surface area contributed by atoms with Crippen LogP contribution in [0.25, 0.3) is 0 Å². The molecule has 0 fully saturated rings. The van der Waals surface area contributed by atoms with Crippen molar-refractivity contribution in [1.82, 2.24) is 0 Å². The minimum atomic E-state index is -4.17. The van der Waals surface area contributed by atoms with Crippen LogP contribution in [0.5, 0.6) is 0 Å². The summed E-state index contributed by atoms with van der Waals surface area (Å²) < 4.78 is 30.7. The monoisotopic (exact) mass is 284 g/mol. The van der Waals surface area contributed by atoms with Gasteiger partial charge in [0, 0.05) is 6.42 Å². The molecule has 0 bridgehead atoms. The van der Waals surface area contributed by atoms with E-state index in [1.165, 1.54) is 19.8 Å². The van der Waals surface area contributed by atoms with E-state index in [1.54, 1.807) is 0 Å². The molecule has 0 aromatic rings. The van der Waals surface area contributed by atoms with E-state index in [4.69, 9.17) is 9.66 Å². The van der Waals surface area contributed by atoms with Crippen LogP contribution in [-0.2, 0) is 19.4 Å². The van der Waals surface area contributed by atoms with Crippen molar-refractivity contribution in [3.63, 3.8) is 0 Å². The molecule has 110 valence electrons. The first-order valence-corrected chi connectivity index (χ1v) is 7.39. The molecule has 0 radical (unpaired) electrons. The molecule has 0 aliphatic heterocycles. The van der Waals surface area contributed by atoms with E-state index < -0.39 is 16.4 Å². The summed E-state index contributed by atoms with van der Waals surface area (Å²) in [6.07, 6.45) is 4.62. The summed E-state index contributed by atoms with van der Waals surface area (Å²) in [5.41, 5.74) is 0. The summed E-state index contributed by atoms with van der Waals surface area (Å²) in [6, 6.07) is 0. The molecular weight excluding hydrogens is 260 g/mol. The smallest absolute Gasteiger partial charge is 0.397 e. The normalized spacial score (nSPS) is 10.9. The summed E-state index contributed by atoms with van der Waals surface area (Å²) in [4.78, 5) is 10.1. The van der Waals surface area contributed by atoms with Crippen LogP contribution >= 0.6 is 0 Å². The van der Waals surface area contributed by atoms with Gasteiger partial charge in [-0.05, 0) is 19.3 Å². The second-order valence-corrected chi connectivity index (χ2v) is 5.31. The lowest BCUT2D eigenvalue weighted by atomic mass is 10.0.